The molecule has 0 aromatic carbocycles. The van der Waals surface area contributed by atoms with Crippen LogP contribution in [0.5, 0.6) is 0 Å². The van der Waals surface area contributed by atoms with E-state index in [-0.39, 0.29) is 18.1 Å². The number of rotatable bonds is 1. The van der Waals surface area contributed by atoms with Crippen LogP contribution in [0.2, 0.25) is 0 Å². The molecule has 72 valence electrons. The summed E-state index contributed by atoms with van der Waals surface area (Å²) in [4.78, 5) is 0. The van der Waals surface area contributed by atoms with Gasteiger partial charge in [0.2, 0.25) is 0 Å². The van der Waals surface area contributed by atoms with E-state index in [1.54, 1.807) is 0 Å². The fraction of sp³-hybridized carbons (Fsp3) is 1.00. The van der Waals surface area contributed by atoms with Crippen molar-refractivity contribution in [2.45, 2.75) is 45.8 Å². The first-order valence-electron chi connectivity index (χ1n) is 4.88. The van der Waals surface area contributed by atoms with Crippen molar-refractivity contribution in [3.8, 4) is 0 Å². The fourth-order valence-electron chi connectivity index (χ4n) is 2.38. The Labute approximate surface area is 74.6 Å². The van der Waals surface area contributed by atoms with Crippen molar-refractivity contribution >= 4 is 0 Å². The molecular formula is C10H20O2. The van der Waals surface area contributed by atoms with Gasteiger partial charge < -0.3 is 10.2 Å². The second-order valence-corrected chi connectivity index (χ2v) is 4.53. The Morgan fingerprint density at radius 2 is 1.50 bits per heavy atom. The molecule has 1 aliphatic carbocycles. The lowest BCUT2D eigenvalue weighted by atomic mass is 9.73. The van der Waals surface area contributed by atoms with E-state index in [1.807, 2.05) is 0 Å². The second kappa shape index (κ2) is 3.75. The predicted molar refractivity (Wildman–Crippen MR) is 48.7 cm³/mol. The van der Waals surface area contributed by atoms with Gasteiger partial charge in [0.1, 0.15) is 0 Å². The maximum Gasteiger partial charge on any atom is 0.0598 e. The van der Waals surface area contributed by atoms with E-state index in [0.717, 1.165) is 12.8 Å². The van der Waals surface area contributed by atoms with Crippen LogP contribution < -0.4 is 0 Å². The molecule has 4 atom stereocenters. The summed E-state index contributed by atoms with van der Waals surface area (Å²) in [5.74, 6) is 0.925. The first kappa shape index (κ1) is 10.0. The van der Waals surface area contributed by atoms with Crippen molar-refractivity contribution in [2.24, 2.45) is 17.8 Å². The molecule has 1 saturated carbocycles. The maximum atomic E-state index is 9.72. The highest BCUT2D eigenvalue weighted by Crippen LogP contribution is 2.33. The third-order valence-corrected chi connectivity index (χ3v) is 2.95. The summed E-state index contributed by atoms with van der Waals surface area (Å²) < 4.78 is 0. The summed E-state index contributed by atoms with van der Waals surface area (Å²) in [5, 5.41) is 19.4. The summed E-state index contributed by atoms with van der Waals surface area (Å²) in [5.41, 5.74) is 0. The van der Waals surface area contributed by atoms with Gasteiger partial charge in [-0.05, 0) is 24.7 Å². The lowest BCUT2D eigenvalue weighted by Gasteiger charge is -2.38. The van der Waals surface area contributed by atoms with Gasteiger partial charge in [0.25, 0.3) is 0 Å². The Kier molecular flexibility index (Phi) is 3.13. The minimum atomic E-state index is -0.302. The van der Waals surface area contributed by atoms with Crippen LogP contribution >= 0.6 is 0 Å². The highest BCUT2D eigenvalue weighted by Gasteiger charge is 2.35. The average molecular weight is 172 g/mol. The van der Waals surface area contributed by atoms with E-state index in [2.05, 4.69) is 20.8 Å². The summed E-state index contributed by atoms with van der Waals surface area (Å²) in [6, 6.07) is 0. The SMILES string of the molecule is CC1CC(O)C(C(C)C)[C@H](O)C1. The zero-order valence-corrected chi connectivity index (χ0v) is 8.20. The number of hydrogen-bond acceptors (Lipinski definition) is 2. The van der Waals surface area contributed by atoms with Crippen molar-refractivity contribution < 1.29 is 10.2 Å². The van der Waals surface area contributed by atoms with Gasteiger partial charge in [-0.25, -0.2) is 0 Å². The molecule has 0 spiro atoms. The standard InChI is InChI=1S/C10H20O2/c1-6(2)10-8(11)4-7(3)5-9(10)12/h6-12H,4-5H2,1-3H3/t7?,8-,9?,10?/m1/s1. The Balaban J connectivity index is 2.60. The van der Waals surface area contributed by atoms with Gasteiger partial charge in [-0.1, -0.05) is 20.8 Å². The molecule has 2 N–H and O–H groups in total. The molecule has 12 heavy (non-hydrogen) atoms. The van der Waals surface area contributed by atoms with E-state index in [4.69, 9.17) is 0 Å². The van der Waals surface area contributed by atoms with Gasteiger partial charge in [-0.15, -0.1) is 0 Å². The molecule has 0 aliphatic heterocycles. The van der Waals surface area contributed by atoms with Crippen LogP contribution in [-0.4, -0.2) is 22.4 Å². The van der Waals surface area contributed by atoms with Crippen molar-refractivity contribution in [3.05, 3.63) is 0 Å². The van der Waals surface area contributed by atoms with Crippen LogP contribution in [0.25, 0.3) is 0 Å². The van der Waals surface area contributed by atoms with Gasteiger partial charge in [-0.2, -0.15) is 0 Å². The summed E-state index contributed by atoms with van der Waals surface area (Å²) in [7, 11) is 0. The van der Waals surface area contributed by atoms with Crippen LogP contribution in [0.1, 0.15) is 33.6 Å². The van der Waals surface area contributed by atoms with Gasteiger partial charge in [0.05, 0.1) is 12.2 Å². The topological polar surface area (TPSA) is 40.5 Å². The van der Waals surface area contributed by atoms with Crippen molar-refractivity contribution in [1.82, 2.24) is 0 Å². The summed E-state index contributed by atoms with van der Waals surface area (Å²) in [6.07, 6.45) is 1.09. The predicted octanol–water partition coefficient (Wildman–Crippen LogP) is 1.41. The van der Waals surface area contributed by atoms with E-state index >= 15 is 0 Å². The highest BCUT2D eigenvalue weighted by atomic mass is 16.3. The molecule has 0 bridgehead atoms. The maximum absolute atomic E-state index is 9.72. The molecular weight excluding hydrogens is 152 g/mol. The third-order valence-electron chi connectivity index (χ3n) is 2.95. The molecule has 0 amide bonds. The van der Waals surface area contributed by atoms with Crippen LogP contribution in [0.4, 0.5) is 0 Å². The number of aliphatic hydroxyl groups excluding tert-OH is 2. The van der Waals surface area contributed by atoms with E-state index in [9.17, 15) is 10.2 Å². The molecule has 0 heterocycles. The van der Waals surface area contributed by atoms with Crippen molar-refractivity contribution in [1.29, 1.82) is 0 Å². The lowest BCUT2D eigenvalue weighted by Crippen LogP contribution is -2.42. The molecule has 0 aromatic heterocycles. The minimum absolute atomic E-state index is 0.0844. The molecule has 1 aliphatic rings. The van der Waals surface area contributed by atoms with Crippen molar-refractivity contribution in [3.63, 3.8) is 0 Å². The van der Waals surface area contributed by atoms with Crippen LogP contribution in [0, 0.1) is 17.8 Å². The summed E-state index contributed by atoms with van der Waals surface area (Å²) >= 11 is 0. The van der Waals surface area contributed by atoms with Gasteiger partial charge in [-0.3, -0.25) is 0 Å². The highest BCUT2D eigenvalue weighted by molar-refractivity contribution is 4.86. The Bertz CT molecular complexity index is 133. The fourth-order valence-corrected chi connectivity index (χ4v) is 2.38. The van der Waals surface area contributed by atoms with Crippen LogP contribution in [0.15, 0.2) is 0 Å². The van der Waals surface area contributed by atoms with E-state index in [1.165, 1.54) is 0 Å². The van der Waals surface area contributed by atoms with Crippen molar-refractivity contribution in [2.75, 3.05) is 0 Å². The molecule has 1 rings (SSSR count). The summed E-state index contributed by atoms with van der Waals surface area (Å²) in [6.45, 7) is 6.21. The van der Waals surface area contributed by atoms with E-state index in [0.29, 0.717) is 11.8 Å². The lowest BCUT2D eigenvalue weighted by molar-refractivity contribution is -0.0607. The number of aliphatic hydroxyl groups is 2. The first-order chi connectivity index (χ1) is 5.52. The van der Waals surface area contributed by atoms with Crippen LogP contribution in [0.3, 0.4) is 0 Å². The molecule has 3 unspecified atom stereocenters. The Morgan fingerprint density at radius 1 is 1.08 bits per heavy atom. The molecule has 1 fully saturated rings. The molecule has 0 radical (unpaired) electrons. The normalized spacial score (nSPS) is 43.5. The quantitative estimate of drug-likeness (QED) is 0.628. The molecule has 2 nitrogen and oxygen atoms in total. The Morgan fingerprint density at radius 3 is 1.83 bits per heavy atom. The van der Waals surface area contributed by atoms with Gasteiger partial charge in [0.15, 0.2) is 0 Å². The third kappa shape index (κ3) is 1.99. The first-order valence-corrected chi connectivity index (χ1v) is 4.88. The van der Waals surface area contributed by atoms with Gasteiger partial charge >= 0.3 is 0 Å². The molecule has 2 heteroatoms. The van der Waals surface area contributed by atoms with Crippen LogP contribution in [-0.2, 0) is 0 Å². The van der Waals surface area contributed by atoms with Gasteiger partial charge in [0, 0.05) is 5.92 Å². The number of hydrogen-bond donors (Lipinski definition) is 2. The zero-order chi connectivity index (χ0) is 9.30. The minimum Gasteiger partial charge on any atom is -0.393 e. The Hall–Kier alpha value is -0.0800. The second-order valence-electron chi connectivity index (χ2n) is 4.53. The molecule has 0 aromatic rings. The average Bonchev–Trinajstić information content (AvgIpc) is 1.82. The zero-order valence-electron chi connectivity index (χ0n) is 8.20. The smallest absolute Gasteiger partial charge is 0.0598 e. The van der Waals surface area contributed by atoms with E-state index < -0.39 is 0 Å². The largest absolute Gasteiger partial charge is 0.393 e. The molecule has 0 saturated heterocycles. The monoisotopic (exact) mass is 172 g/mol.